The van der Waals surface area contributed by atoms with E-state index in [9.17, 15) is 0 Å². The molecule has 0 spiro atoms. The van der Waals surface area contributed by atoms with Crippen molar-refractivity contribution in [3.05, 3.63) is 96.1 Å². The number of rotatable bonds is 2. The normalized spacial score (nSPS) is 20.6. The van der Waals surface area contributed by atoms with E-state index < -0.39 is 11.4 Å². The Labute approximate surface area is 165 Å². The number of ether oxygens (including phenoxy) is 2. The predicted octanol–water partition coefficient (Wildman–Crippen LogP) is 6.41. The van der Waals surface area contributed by atoms with Crippen molar-refractivity contribution in [1.29, 1.82) is 0 Å². The molecule has 5 rings (SSSR count). The van der Waals surface area contributed by atoms with Crippen molar-refractivity contribution in [2.24, 2.45) is 0 Å². The first kappa shape index (κ1) is 17.4. The molecule has 1 heterocycles. The zero-order valence-electron chi connectivity index (χ0n) is 16.5. The maximum atomic E-state index is 6.81. The molecule has 1 aliphatic heterocycles. The Balaban J connectivity index is 1.88. The SMILES string of the molecule is C[C@@H]1OC(c2cccc3ccccc23)(c2cccc3ccccc23)OC1(C)C. The lowest BCUT2D eigenvalue weighted by Crippen LogP contribution is -2.33. The van der Waals surface area contributed by atoms with E-state index >= 15 is 0 Å². The molecule has 0 radical (unpaired) electrons. The van der Waals surface area contributed by atoms with Crippen LogP contribution >= 0.6 is 0 Å². The van der Waals surface area contributed by atoms with Crippen LogP contribution in [0.15, 0.2) is 84.9 Å². The van der Waals surface area contributed by atoms with E-state index in [1.165, 1.54) is 10.8 Å². The lowest BCUT2D eigenvalue weighted by molar-refractivity contribution is -0.159. The number of benzene rings is 4. The van der Waals surface area contributed by atoms with Crippen LogP contribution in [0.4, 0.5) is 0 Å². The maximum Gasteiger partial charge on any atom is 0.224 e. The molecule has 1 fully saturated rings. The Morgan fingerprint density at radius 3 is 1.57 bits per heavy atom. The van der Waals surface area contributed by atoms with Gasteiger partial charge < -0.3 is 9.47 Å². The van der Waals surface area contributed by atoms with Crippen LogP contribution in [0.25, 0.3) is 21.5 Å². The maximum absolute atomic E-state index is 6.81. The van der Waals surface area contributed by atoms with Crippen molar-refractivity contribution in [3.8, 4) is 0 Å². The van der Waals surface area contributed by atoms with Crippen LogP contribution in [-0.4, -0.2) is 11.7 Å². The van der Waals surface area contributed by atoms with Gasteiger partial charge in [0.2, 0.25) is 5.79 Å². The first-order valence-corrected chi connectivity index (χ1v) is 9.86. The Hall–Kier alpha value is -2.68. The number of fused-ring (bicyclic) bond motifs is 2. The third-order valence-electron chi connectivity index (χ3n) is 6.02. The predicted molar refractivity (Wildman–Crippen MR) is 114 cm³/mol. The molecule has 2 heteroatoms. The van der Waals surface area contributed by atoms with E-state index in [-0.39, 0.29) is 6.10 Å². The smallest absolute Gasteiger partial charge is 0.224 e. The van der Waals surface area contributed by atoms with Crippen molar-refractivity contribution in [1.82, 2.24) is 0 Å². The molecule has 0 bridgehead atoms. The van der Waals surface area contributed by atoms with Gasteiger partial charge in [-0.3, -0.25) is 0 Å². The second-order valence-electron chi connectivity index (χ2n) is 8.14. The summed E-state index contributed by atoms with van der Waals surface area (Å²) in [6.45, 7) is 6.31. The van der Waals surface area contributed by atoms with Crippen LogP contribution in [0.2, 0.25) is 0 Å². The molecule has 0 amide bonds. The van der Waals surface area contributed by atoms with Gasteiger partial charge >= 0.3 is 0 Å². The summed E-state index contributed by atoms with van der Waals surface area (Å²) in [7, 11) is 0. The monoisotopic (exact) mass is 368 g/mol. The molecule has 140 valence electrons. The molecule has 2 nitrogen and oxygen atoms in total. The Morgan fingerprint density at radius 2 is 1.11 bits per heavy atom. The second-order valence-corrected chi connectivity index (χ2v) is 8.14. The van der Waals surface area contributed by atoms with E-state index in [0.717, 1.165) is 21.9 Å². The molecule has 28 heavy (non-hydrogen) atoms. The highest BCUT2D eigenvalue weighted by Crippen LogP contribution is 2.50. The lowest BCUT2D eigenvalue weighted by atomic mass is 9.89. The molecule has 0 saturated carbocycles. The molecular weight excluding hydrogens is 344 g/mol. The molecule has 4 aromatic carbocycles. The van der Waals surface area contributed by atoms with Crippen LogP contribution in [0.3, 0.4) is 0 Å². The fraction of sp³-hybridized carbons (Fsp3) is 0.231. The fourth-order valence-corrected chi connectivity index (χ4v) is 4.28. The van der Waals surface area contributed by atoms with Crippen LogP contribution < -0.4 is 0 Å². The van der Waals surface area contributed by atoms with E-state index in [1.807, 2.05) is 0 Å². The van der Waals surface area contributed by atoms with E-state index in [1.54, 1.807) is 0 Å². The average molecular weight is 368 g/mol. The van der Waals surface area contributed by atoms with E-state index in [4.69, 9.17) is 9.47 Å². The zero-order chi connectivity index (χ0) is 19.4. The van der Waals surface area contributed by atoms with Crippen molar-refractivity contribution in [2.75, 3.05) is 0 Å². The van der Waals surface area contributed by atoms with Gasteiger partial charge in [-0.1, -0.05) is 84.9 Å². The van der Waals surface area contributed by atoms with Gasteiger partial charge in [0.15, 0.2) is 0 Å². The summed E-state index contributed by atoms with van der Waals surface area (Å²) in [5.74, 6) is -0.954. The van der Waals surface area contributed by atoms with Gasteiger partial charge in [-0.15, -0.1) is 0 Å². The van der Waals surface area contributed by atoms with E-state index in [2.05, 4.69) is 106 Å². The van der Waals surface area contributed by atoms with Crippen molar-refractivity contribution in [2.45, 2.75) is 38.3 Å². The first-order chi connectivity index (χ1) is 13.5. The average Bonchev–Trinajstić information content (AvgIpc) is 2.97. The molecule has 1 atom stereocenters. The summed E-state index contributed by atoms with van der Waals surface area (Å²) in [4.78, 5) is 0. The van der Waals surface area contributed by atoms with Gasteiger partial charge in [-0.05, 0) is 42.3 Å². The molecule has 0 aromatic heterocycles. The fourth-order valence-electron chi connectivity index (χ4n) is 4.28. The molecule has 0 N–H and O–H groups in total. The molecule has 0 unspecified atom stereocenters. The van der Waals surface area contributed by atoms with Gasteiger partial charge in [-0.2, -0.15) is 0 Å². The van der Waals surface area contributed by atoms with Gasteiger partial charge in [0.25, 0.3) is 0 Å². The first-order valence-electron chi connectivity index (χ1n) is 9.86. The van der Waals surface area contributed by atoms with Crippen molar-refractivity contribution < 1.29 is 9.47 Å². The van der Waals surface area contributed by atoms with Gasteiger partial charge in [0.1, 0.15) is 0 Å². The van der Waals surface area contributed by atoms with Gasteiger partial charge in [0.05, 0.1) is 11.7 Å². The summed E-state index contributed by atoms with van der Waals surface area (Å²) in [6, 6.07) is 29.6. The minimum atomic E-state index is -0.954. The summed E-state index contributed by atoms with van der Waals surface area (Å²) >= 11 is 0. The minimum Gasteiger partial charge on any atom is -0.336 e. The molecule has 1 aliphatic rings. The standard InChI is InChI=1S/C26H24O2/c1-18-25(2,3)28-26(27-18,23-16-8-12-19-10-4-6-14-21(19)23)24-17-9-13-20-11-5-7-15-22(20)24/h4-18H,1-3H3/t18-/m0/s1. The highest BCUT2D eigenvalue weighted by atomic mass is 16.8. The van der Waals surface area contributed by atoms with Crippen molar-refractivity contribution >= 4 is 21.5 Å². The Bertz CT molecular complexity index is 1090. The summed E-state index contributed by atoms with van der Waals surface area (Å²) in [5, 5.41) is 4.68. The third-order valence-corrected chi connectivity index (χ3v) is 6.02. The zero-order valence-corrected chi connectivity index (χ0v) is 16.5. The van der Waals surface area contributed by atoms with E-state index in [0.29, 0.717) is 0 Å². The van der Waals surface area contributed by atoms with Crippen LogP contribution in [0, 0.1) is 0 Å². The second kappa shape index (κ2) is 6.16. The molecule has 4 aromatic rings. The largest absolute Gasteiger partial charge is 0.336 e. The van der Waals surface area contributed by atoms with Gasteiger partial charge in [0, 0.05) is 11.1 Å². The Morgan fingerprint density at radius 1 is 0.643 bits per heavy atom. The third kappa shape index (κ3) is 2.49. The summed E-state index contributed by atoms with van der Waals surface area (Å²) in [6.07, 6.45) is -0.0505. The summed E-state index contributed by atoms with van der Waals surface area (Å²) < 4.78 is 13.5. The quantitative estimate of drug-likeness (QED) is 0.407. The number of hydrogen-bond acceptors (Lipinski definition) is 2. The molecule has 0 aliphatic carbocycles. The highest BCUT2D eigenvalue weighted by Gasteiger charge is 2.53. The molecular formula is C26H24O2. The van der Waals surface area contributed by atoms with Gasteiger partial charge in [-0.25, -0.2) is 0 Å². The van der Waals surface area contributed by atoms with Crippen LogP contribution in [0.5, 0.6) is 0 Å². The Kier molecular flexibility index (Phi) is 3.84. The minimum absolute atomic E-state index is 0.0505. The lowest BCUT2D eigenvalue weighted by Gasteiger charge is -2.32. The van der Waals surface area contributed by atoms with Crippen molar-refractivity contribution in [3.63, 3.8) is 0 Å². The summed E-state index contributed by atoms with van der Waals surface area (Å²) in [5.41, 5.74) is 1.70. The van der Waals surface area contributed by atoms with Crippen LogP contribution in [0.1, 0.15) is 31.9 Å². The molecule has 1 saturated heterocycles. The topological polar surface area (TPSA) is 18.5 Å². The number of hydrogen-bond donors (Lipinski definition) is 0. The highest BCUT2D eigenvalue weighted by molar-refractivity contribution is 5.90. The van der Waals surface area contributed by atoms with Crippen LogP contribution in [-0.2, 0) is 15.3 Å².